The van der Waals surface area contributed by atoms with E-state index >= 15 is 0 Å². The lowest BCUT2D eigenvalue weighted by atomic mass is 10.0. The summed E-state index contributed by atoms with van der Waals surface area (Å²) < 4.78 is 13.6. The molecule has 1 aromatic rings. The van der Waals surface area contributed by atoms with Gasteiger partial charge in [-0.3, -0.25) is 0 Å². The van der Waals surface area contributed by atoms with Gasteiger partial charge >= 0.3 is 0 Å². The molecule has 1 heterocycles. The van der Waals surface area contributed by atoms with Gasteiger partial charge in [-0.25, -0.2) is 4.39 Å². The van der Waals surface area contributed by atoms with Crippen LogP contribution in [0, 0.1) is 5.82 Å². The van der Waals surface area contributed by atoms with Crippen LogP contribution in [0.1, 0.15) is 32.3 Å². The molecule has 1 aromatic carbocycles. The third-order valence-electron chi connectivity index (χ3n) is 3.54. The Bertz CT molecular complexity index is 401. The minimum atomic E-state index is -0.143. The lowest BCUT2D eigenvalue weighted by Crippen LogP contribution is -2.38. The van der Waals surface area contributed by atoms with Crippen molar-refractivity contribution < 1.29 is 4.39 Å². The van der Waals surface area contributed by atoms with Crippen LogP contribution in [0.3, 0.4) is 0 Å². The summed E-state index contributed by atoms with van der Waals surface area (Å²) in [6.07, 6.45) is 2.36. The molecule has 0 amide bonds. The van der Waals surface area contributed by atoms with Crippen LogP contribution < -0.4 is 10.2 Å². The summed E-state index contributed by atoms with van der Waals surface area (Å²) in [4.78, 5) is 2.31. The van der Waals surface area contributed by atoms with E-state index in [9.17, 15) is 4.39 Å². The summed E-state index contributed by atoms with van der Waals surface area (Å²) in [6, 6.07) is 5.34. The lowest BCUT2D eigenvalue weighted by molar-refractivity contribution is 0.516. The largest absolute Gasteiger partial charge is 0.366 e. The third kappa shape index (κ3) is 2.60. The first-order valence-corrected chi connectivity index (χ1v) is 6.25. The first-order valence-electron chi connectivity index (χ1n) is 6.25. The van der Waals surface area contributed by atoms with Crippen molar-refractivity contribution in [2.24, 2.45) is 0 Å². The fourth-order valence-electron chi connectivity index (χ4n) is 2.68. The van der Waals surface area contributed by atoms with Gasteiger partial charge in [0.05, 0.1) is 0 Å². The quantitative estimate of drug-likeness (QED) is 0.868. The molecule has 1 fully saturated rings. The standard InChI is InChI=1S/C14H21FN2/c1-14(2)5-4-6-17(14)13-8-11(10-16-3)7-12(15)9-13/h7-9,16H,4-6,10H2,1-3H3. The van der Waals surface area contributed by atoms with Gasteiger partial charge in [-0.2, -0.15) is 0 Å². The Morgan fingerprint density at radius 1 is 1.35 bits per heavy atom. The van der Waals surface area contributed by atoms with Crippen LogP contribution in [0.4, 0.5) is 10.1 Å². The number of halogens is 1. The molecule has 94 valence electrons. The highest BCUT2D eigenvalue weighted by molar-refractivity contribution is 5.52. The average molecular weight is 236 g/mol. The van der Waals surface area contributed by atoms with Crippen LogP contribution in [0.15, 0.2) is 18.2 Å². The van der Waals surface area contributed by atoms with Crippen LogP contribution in [0.25, 0.3) is 0 Å². The average Bonchev–Trinajstić information content (AvgIpc) is 2.57. The summed E-state index contributed by atoms with van der Waals surface area (Å²) in [5, 5.41) is 3.06. The first-order chi connectivity index (χ1) is 8.03. The maximum Gasteiger partial charge on any atom is 0.125 e. The van der Waals surface area contributed by atoms with E-state index in [-0.39, 0.29) is 11.4 Å². The van der Waals surface area contributed by atoms with Crippen molar-refractivity contribution in [1.29, 1.82) is 0 Å². The summed E-state index contributed by atoms with van der Waals surface area (Å²) in [7, 11) is 1.88. The molecule has 0 atom stereocenters. The molecular formula is C14H21FN2. The number of benzene rings is 1. The third-order valence-corrected chi connectivity index (χ3v) is 3.54. The zero-order chi connectivity index (χ0) is 12.5. The molecule has 1 aliphatic heterocycles. The Balaban J connectivity index is 2.31. The van der Waals surface area contributed by atoms with Gasteiger partial charge in [-0.1, -0.05) is 0 Å². The zero-order valence-electron chi connectivity index (χ0n) is 10.9. The maximum absolute atomic E-state index is 13.6. The highest BCUT2D eigenvalue weighted by Gasteiger charge is 2.32. The highest BCUT2D eigenvalue weighted by atomic mass is 19.1. The van der Waals surface area contributed by atoms with E-state index < -0.39 is 0 Å². The minimum Gasteiger partial charge on any atom is -0.366 e. The molecule has 17 heavy (non-hydrogen) atoms. The first kappa shape index (κ1) is 12.4. The molecule has 0 spiro atoms. The summed E-state index contributed by atoms with van der Waals surface area (Å²) in [6.45, 7) is 6.18. The normalized spacial score (nSPS) is 18.7. The summed E-state index contributed by atoms with van der Waals surface area (Å²) in [5.41, 5.74) is 2.16. The van der Waals surface area contributed by atoms with Gasteiger partial charge in [0.25, 0.3) is 0 Å². The minimum absolute atomic E-state index is 0.143. The van der Waals surface area contributed by atoms with Crippen LogP contribution in [0.2, 0.25) is 0 Å². The van der Waals surface area contributed by atoms with Crippen LogP contribution in [-0.2, 0) is 6.54 Å². The molecule has 1 aliphatic rings. The van der Waals surface area contributed by atoms with Crippen molar-refractivity contribution in [3.8, 4) is 0 Å². The number of hydrogen-bond donors (Lipinski definition) is 1. The van der Waals surface area contributed by atoms with Crippen LogP contribution in [-0.4, -0.2) is 19.1 Å². The van der Waals surface area contributed by atoms with E-state index in [4.69, 9.17) is 0 Å². The van der Waals surface area contributed by atoms with Crippen molar-refractivity contribution in [1.82, 2.24) is 5.32 Å². The topological polar surface area (TPSA) is 15.3 Å². The number of hydrogen-bond acceptors (Lipinski definition) is 2. The second-order valence-electron chi connectivity index (χ2n) is 5.42. The van der Waals surface area contributed by atoms with Crippen molar-refractivity contribution in [3.05, 3.63) is 29.6 Å². The van der Waals surface area contributed by atoms with Crippen LogP contribution in [0.5, 0.6) is 0 Å². The second-order valence-corrected chi connectivity index (χ2v) is 5.42. The van der Waals surface area contributed by atoms with E-state index in [1.807, 2.05) is 7.05 Å². The zero-order valence-corrected chi connectivity index (χ0v) is 10.9. The SMILES string of the molecule is CNCc1cc(F)cc(N2CCCC2(C)C)c1. The molecule has 0 unspecified atom stereocenters. The highest BCUT2D eigenvalue weighted by Crippen LogP contribution is 2.34. The molecule has 0 bridgehead atoms. The molecule has 0 radical (unpaired) electrons. The second kappa shape index (κ2) is 4.65. The Labute approximate surface area is 103 Å². The molecule has 3 heteroatoms. The van der Waals surface area contributed by atoms with E-state index in [0.29, 0.717) is 6.54 Å². The number of rotatable bonds is 3. The van der Waals surface area contributed by atoms with Gasteiger partial charge in [-0.05, 0) is 57.5 Å². The van der Waals surface area contributed by atoms with Crippen molar-refractivity contribution in [2.45, 2.75) is 38.8 Å². The maximum atomic E-state index is 13.6. The predicted octanol–water partition coefficient (Wildman–Crippen LogP) is 2.92. The fraction of sp³-hybridized carbons (Fsp3) is 0.571. The van der Waals surface area contributed by atoms with E-state index in [0.717, 1.165) is 17.8 Å². The molecule has 1 saturated heterocycles. The monoisotopic (exact) mass is 236 g/mol. The van der Waals surface area contributed by atoms with E-state index in [1.54, 1.807) is 12.1 Å². The van der Waals surface area contributed by atoms with Crippen molar-refractivity contribution >= 4 is 5.69 Å². The Hall–Kier alpha value is -1.09. The number of nitrogens with zero attached hydrogens (tertiary/aromatic N) is 1. The summed E-state index contributed by atoms with van der Waals surface area (Å²) in [5.74, 6) is -0.143. The predicted molar refractivity (Wildman–Crippen MR) is 69.8 cm³/mol. The Morgan fingerprint density at radius 3 is 2.71 bits per heavy atom. The van der Waals surface area contributed by atoms with E-state index in [1.165, 1.54) is 12.8 Å². The van der Waals surface area contributed by atoms with Gasteiger partial charge in [0.1, 0.15) is 5.82 Å². The van der Waals surface area contributed by atoms with Gasteiger partial charge in [0.15, 0.2) is 0 Å². The molecule has 1 N–H and O–H groups in total. The molecule has 0 aromatic heterocycles. The number of nitrogens with one attached hydrogen (secondary N) is 1. The molecular weight excluding hydrogens is 215 g/mol. The molecule has 0 aliphatic carbocycles. The van der Waals surface area contributed by atoms with Gasteiger partial charge in [0, 0.05) is 24.3 Å². The lowest BCUT2D eigenvalue weighted by Gasteiger charge is -2.34. The van der Waals surface area contributed by atoms with E-state index in [2.05, 4.69) is 30.1 Å². The molecule has 2 nitrogen and oxygen atoms in total. The van der Waals surface area contributed by atoms with Crippen molar-refractivity contribution in [2.75, 3.05) is 18.5 Å². The van der Waals surface area contributed by atoms with Crippen LogP contribution >= 0.6 is 0 Å². The Kier molecular flexibility index (Phi) is 3.38. The summed E-state index contributed by atoms with van der Waals surface area (Å²) >= 11 is 0. The van der Waals surface area contributed by atoms with Gasteiger partial charge in [0.2, 0.25) is 0 Å². The smallest absolute Gasteiger partial charge is 0.125 e. The molecule has 2 rings (SSSR count). The van der Waals surface area contributed by atoms with Crippen molar-refractivity contribution in [3.63, 3.8) is 0 Å². The Morgan fingerprint density at radius 2 is 2.12 bits per heavy atom. The molecule has 0 saturated carbocycles. The van der Waals surface area contributed by atoms with Gasteiger partial charge in [-0.15, -0.1) is 0 Å². The fourth-order valence-corrected chi connectivity index (χ4v) is 2.68. The van der Waals surface area contributed by atoms with Gasteiger partial charge < -0.3 is 10.2 Å². The number of anilines is 1.